The number of carbonyl (C=O) groups is 2. The van der Waals surface area contributed by atoms with Gasteiger partial charge in [-0.2, -0.15) is 5.10 Å². The van der Waals surface area contributed by atoms with E-state index >= 15 is 0 Å². The van der Waals surface area contributed by atoms with E-state index in [9.17, 15) is 9.59 Å². The molecule has 3 aromatic rings. The molecule has 0 aliphatic carbocycles. The van der Waals surface area contributed by atoms with E-state index in [2.05, 4.69) is 57.0 Å². The van der Waals surface area contributed by atoms with Gasteiger partial charge in [0, 0.05) is 44.5 Å². The van der Waals surface area contributed by atoms with Crippen LogP contribution in [-0.4, -0.2) is 45.6 Å². The Morgan fingerprint density at radius 2 is 1.84 bits per heavy atom. The van der Waals surface area contributed by atoms with Gasteiger partial charge in [-0.3, -0.25) is 19.2 Å². The number of carbonyl (C=O) groups excluding carboxylic acids is 2. The van der Waals surface area contributed by atoms with Gasteiger partial charge in [-0.1, -0.05) is 54.6 Å². The number of aromatic nitrogens is 2. The van der Waals surface area contributed by atoms with Gasteiger partial charge < -0.3 is 10.6 Å². The Hall–Kier alpha value is -3.45. The van der Waals surface area contributed by atoms with Crippen LogP contribution >= 0.6 is 0 Å². The Morgan fingerprint density at radius 1 is 1.09 bits per heavy atom. The number of nitrogens with zero attached hydrogens (tertiary/aromatic N) is 3. The summed E-state index contributed by atoms with van der Waals surface area (Å²) in [5.74, 6) is -0.230. The molecule has 1 aliphatic rings. The van der Waals surface area contributed by atoms with Gasteiger partial charge in [-0.15, -0.1) is 0 Å². The fourth-order valence-corrected chi connectivity index (χ4v) is 3.96. The van der Waals surface area contributed by atoms with E-state index in [1.54, 1.807) is 6.20 Å². The van der Waals surface area contributed by atoms with Crippen LogP contribution in [0.2, 0.25) is 0 Å². The van der Waals surface area contributed by atoms with Crippen LogP contribution in [-0.2, 0) is 29.2 Å². The molecule has 32 heavy (non-hydrogen) atoms. The first-order valence-corrected chi connectivity index (χ1v) is 11.1. The molecular weight excluding hydrogens is 402 g/mol. The summed E-state index contributed by atoms with van der Waals surface area (Å²) in [5, 5.41) is 10.0. The van der Waals surface area contributed by atoms with Crippen LogP contribution in [0, 0.1) is 0 Å². The molecule has 7 nitrogen and oxygen atoms in total. The molecule has 1 unspecified atom stereocenters. The highest BCUT2D eigenvalue weighted by Gasteiger charge is 2.31. The number of rotatable bonds is 8. The van der Waals surface area contributed by atoms with Crippen LogP contribution in [0.4, 0.5) is 0 Å². The molecule has 1 saturated heterocycles. The van der Waals surface area contributed by atoms with Crippen LogP contribution in [0.1, 0.15) is 24.5 Å². The monoisotopic (exact) mass is 431 g/mol. The van der Waals surface area contributed by atoms with Crippen LogP contribution < -0.4 is 10.6 Å². The lowest BCUT2D eigenvalue weighted by atomic mass is 10.0. The highest BCUT2D eigenvalue weighted by molar-refractivity contribution is 5.88. The average molecular weight is 432 g/mol. The first kappa shape index (κ1) is 21.8. The molecule has 7 heteroatoms. The van der Waals surface area contributed by atoms with Gasteiger partial charge in [-0.25, -0.2) is 0 Å². The maximum Gasteiger partial charge on any atom is 0.237 e. The van der Waals surface area contributed by atoms with E-state index in [0.717, 1.165) is 23.2 Å². The summed E-state index contributed by atoms with van der Waals surface area (Å²) >= 11 is 0. The van der Waals surface area contributed by atoms with Crippen molar-refractivity contribution in [2.45, 2.75) is 39.0 Å². The van der Waals surface area contributed by atoms with Crippen molar-refractivity contribution < 1.29 is 9.59 Å². The van der Waals surface area contributed by atoms with Crippen molar-refractivity contribution in [2.24, 2.45) is 0 Å². The second-order valence-electron chi connectivity index (χ2n) is 8.03. The fraction of sp³-hybridized carbons (Fsp3) is 0.320. The Kier molecular flexibility index (Phi) is 6.97. The molecule has 1 fully saturated rings. The first-order valence-electron chi connectivity index (χ1n) is 11.1. The zero-order valence-corrected chi connectivity index (χ0v) is 18.3. The van der Waals surface area contributed by atoms with Crippen LogP contribution in [0.15, 0.2) is 67.0 Å². The molecule has 1 aliphatic heterocycles. The van der Waals surface area contributed by atoms with Gasteiger partial charge in [0.25, 0.3) is 0 Å². The van der Waals surface area contributed by atoms with Gasteiger partial charge in [0.15, 0.2) is 0 Å². The molecule has 2 amide bonds. The van der Waals surface area contributed by atoms with E-state index in [1.807, 2.05) is 36.0 Å². The van der Waals surface area contributed by atoms with Gasteiger partial charge in [0.2, 0.25) is 11.8 Å². The standard InChI is InChI=1S/C25H29N5O2/c1-2-30-18-20(16-28-30)15-27-24(31)14-23-25(32)26-12-13-29(23)17-19-8-10-22(11-9-19)21-6-4-3-5-7-21/h3-11,16,18,23H,2,12-15,17H2,1H3,(H,26,32)(H,27,31). The minimum atomic E-state index is -0.476. The summed E-state index contributed by atoms with van der Waals surface area (Å²) in [4.78, 5) is 27.2. The van der Waals surface area contributed by atoms with E-state index < -0.39 is 6.04 Å². The molecule has 0 spiro atoms. The number of amides is 2. The summed E-state index contributed by atoms with van der Waals surface area (Å²) in [6, 6.07) is 18.2. The zero-order chi connectivity index (χ0) is 22.3. The molecule has 4 rings (SSSR count). The molecule has 0 saturated carbocycles. The van der Waals surface area contributed by atoms with Crippen molar-refractivity contribution in [1.29, 1.82) is 0 Å². The fourth-order valence-electron chi connectivity index (χ4n) is 3.96. The largest absolute Gasteiger partial charge is 0.353 e. The van der Waals surface area contributed by atoms with Crippen molar-refractivity contribution in [1.82, 2.24) is 25.3 Å². The zero-order valence-electron chi connectivity index (χ0n) is 18.3. The lowest BCUT2D eigenvalue weighted by molar-refractivity contribution is -0.134. The van der Waals surface area contributed by atoms with Gasteiger partial charge in [0.05, 0.1) is 18.7 Å². The van der Waals surface area contributed by atoms with Gasteiger partial charge in [0.1, 0.15) is 0 Å². The summed E-state index contributed by atoms with van der Waals surface area (Å²) in [5.41, 5.74) is 4.41. The quantitative estimate of drug-likeness (QED) is 0.575. The topological polar surface area (TPSA) is 79.3 Å². The minimum absolute atomic E-state index is 0.0916. The normalized spacial score (nSPS) is 16.5. The predicted molar refractivity (Wildman–Crippen MR) is 123 cm³/mol. The molecule has 2 aromatic carbocycles. The Bertz CT molecular complexity index is 1050. The van der Waals surface area contributed by atoms with E-state index in [1.165, 1.54) is 5.56 Å². The Balaban J connectivity index is 1.36. The third kappa shape index (κ3) is 5.42. The number of nitrogens with one attached hydrogen (secondary N) is 2. The second-order valence-corrected chi connectivity index (χ2v) is 8.03. The number of piperazine rings is 1. The molecule has 2 N–H and O–H groups in total. The molecule has 2 heterocycles. The SMILES string of the molecule is CCn1cc(CNC(=O)CC2C(=O)NCCN2Cc2ccc(-c3ccccc3)cc2)cn1. The lowest BCUT2D eigenvalue weighted by Crippen LogP contribution is -2.56. The van der Waals surface area contributed by atoms with E-state index in [0.29, 0.717) is 26.2 Å². The molecule has 166 valence electrons. The van der Waals surface area contributed by atoms with Crippen molar-refractivity contribution in [3.05, 3.63) is 78.1 Å². The second kappa shape index (κ2) is 10.2. The third-order valence-electron chi connectivity index (χ3n) is 5.77. The first-order chi connectivity index (χ1) is 15.6. The molecule has 0 bridgehead atoms. The molecule has 1 atom stereocenters. The van der Waals surface area contributed by atoms with Crippen molar-refractivity contribution in [3.8, 4) is 11.1 Å². The molecule has 1 aromatic heterocycles. The highest BCUT2D eigenvalue weighted by atomic mass is 16.2. The smallest absolute Gasteiger partial charge is 0.237 e. The third-order valence-corrected chi connectivity index (χ3v) is 5.77. The maximum absolute atomic E-state index is 12.6. The highest BCUT2D eigenvalue weighted by Crippen LogP contribution is 2.21. The van der Waals surface area contributed by atoms with Crippen LogP contribution in [0.25, 0.3) is 11.1 Å². The minimum Gasteiger partial charge on any atom is -0.353 e. The van der Waals surface area contributed by atoms with Crippen molar-refractivity contribution >= 4 is 11.8 Å². The van der Waals surface area contributed by atoms with Crippen LogP contribution in [0.3, 0.4) is 0 Å². The van der Waals surface area contributed by atoms with E-state index in [-0.39, 0.29) is 18.2 Å². The van der Waals surface area contributed by atoms with Gasteiger partial charge >= 0.3 is 0 Å². The summed E-state index contributed by atoms with van der Waals surface area (Å²) in [6.45, 7) is 5.15. The Labute approximate surface area is 188 Å². The number of benzene rings is 2. The number of hydrogen-bond donors (Lipinski definition) is 2. The molecular formula is C25H29N5O2. The number of aryl methyl sites for hydroxylation is 1. The summed E-state index contributed by atoms with van der Waals surface area (Å²) in [6.07, 6.45) is 3.80. The van der Waals surface area contributed by atoms with Crippen molar-refractivity contribution in [3.63, 3.8) is 0 Å². The van der Waals surface area contributed by atoms with E-state index in [4.69, 9.17) is 0 Å². The maximum atomic E-state index is 12.6. The van der Waals surface area contributed by atoms with Gasteiger partial charge in [-0.05, 0) is 23.6 Å². The number of hydrogen-bond acceptors (Lipinski definition) is 4. The summed E-state index contributed by atoms with van der Waals surface area (Å²) < 4.78 is 1.82. The van der Waals surface area contributed by atoms with Crippen LogP contribution in [0.5, 0.6) is 0 Å². The van der Waals surface area contributed by atoms with Crippen molar-refractivity contribution in [2.75, 3.05) is 13.1 Å². The average Bonchev–Trinajstić information content (AvgIpc) is 3.29. The molecule has 0 radical (unpaired) electrons. The predicted octanol–water partition coefficient (Wildman–Crippen LogP) is 2.58. The summed E-state index contributed by atoms with van der Waals surface area (Å²) in [7, 11) is 0. The lowest BCUT2D eigenvalue weighted by Gasteiger charge is -2.34. The Morgan fingerprint density at radius 3 is 2.56 bits per heavy atom.